The maximum atomic E-state index is 13.7. The van der Waals surface area contributed by atoms with Gasteiger partial charge in [-0.25, -0.2) is 14.4 Å². The molecule has 0 radical (unpaired) electrons. The molecular weight excluding hydrogens is 255 g/mol. The molecule has 1 aromatic heterocycles. The van der Waals surface area contributed by atoms with Crippen molar-refractivity contribution in [2.45, 2.75) is 19.5 Å². The molecule has 106 valence electrons. The highest BCUT2D eigenvalue weighted by atomic mass is 19.1. The van der Waals surface area contributed by atoms with Gasteiger partial charge in [-0.2, -0.15) is 0 Å². The van der Waals surface area contributed by atoms with Gasteiger partial charge in [0.15, 0.2) is 0 Å². The average Bonchev–Trinajstić information content (AvgIpc) is 2.45. The molecule has 2 aromatic rings. The van der Waals surface area contributed by atoms with Gasteiger partial charge in [-0.15, -0.1) is 0 Å². The first kappa shape index (κ1) is 14.4. The van der Waals surface area contributed by atoms with Gasteiger partial charge in [0.25, 0.3) is 0 Å². The molecule has 1 heterocycles. The Balaban J connectivity index is 2.02. The van der Waals surface area contributed by atoms with E-state index in [1.165, 1.54) is 6.07 Å². The van der Waals surface area contributed by atoms with Gasteiger partial charge >= 0.3 is 0 Å². The summed E-state index contributed by atoms with van der Waals surface area (Å²) in [6.07, 6.45) is 1.73. The van der Waals surface area contributed by atoms with E-state index in [-0.39, 0.29) is 11.9 Å². The Morgan fingerprint density at radius 2 is 2.00 bits per heavy atom. The molecule has 1 unspecified atom stereocenters. The highest BCUT2D eigenvalue weighted by Gasteiger charge is 2.10. The second-order valence-corrected chi connectivity index (χ2v) is 4.87. The minimum absolute atomic E-state index is 0.0750. The predicted octanol–water partition coefficient (Wildman–Crippen LogP) is 2.53. The fourth-order valence-electron chi connectivity index (χ4n) is 1.89. The summed E-state index contributed by atoms with van der Waals surface area (Å²) < 4.78 is 13.7. The average molecular weight is 274 g/mol. The van der Waals surface area contributed by atoms with Crippen LogP contribution in [0.15, 0.2) is 36.5 Å². The van der Waals surface area contributed by atoms with Crippen LogP contribution in [0.5, 0.6) is 0 Å². The molecule has 0 aliphatic rings. The van der Waals surface area contributed by atoms with Crippen molar-refractivity contribution in [1.29, 1.82) is 0 Å². The third kappa shape index (κ3) is 3.51. The summed E-state index contributed by atoms with van der Waals surface area (Å²) in [5.41, 5.74) is 1.54. The van der Waals surface area contributed by atoms with Gasteiger partial charge < -0.3 is 10.2 Å². The maximum Gasteiger partial charge on any atom is 0.225 e. The van der Waals surface area contributed by atoms with Gasteiger partial charge in [0.2, 0.25) is 5.95 Å². The molecule has 0 amide bonds. The number of nitrogens with zero attached hydrogens (tertiary/aromatic N) is 3. The highest BCUT2D eigenvalue weighted by molar-refractivity contribution is 5.27. The smallest absolute Gasteiger partial charge is 0.225 e. The largest absolute Gasteiger partial charge is 0.347 e. The fraction of sp³-hybridized carbons (Fsp3) is 0.333. The van der Waals surface area contributed by atoms with Gasteiger partial charge in [0.1, 0.15) is 5.82 Å². The van der Waals surface area contributed by atoms with E-state index >= 15 is 0 Å². The van der Waals surface area contributed by atoms with E-state index in [0.717, 1.165) is 5.69 Å². The molecule has 0 bridgehead atoms. The topological polar surface area (TPSA) is 41.1 Å². The Morgan fingerprint density at radius 3 is 2.70 bits per heavy atom. The van der Waals surface area contributed by atoms with Gasteiger partial charge in [0, 0.05) is 38.4 Å². The van der Waals surface area contributed by atoms with Crippen LogP contribution in [0, 0.1) is 5.82 Å². The van der Waals surface area contributed by atoms with Crippen LogP contribution in [-0.2, 0) is 6.54 Å². The lowest BCUT2D eigenvalue weighted by Crippen LogP contribution is -2.21. The van der Waals surface area contributed by atoms with Gasteiger partial charge in [-0.3, -0.25) is 0 Å². The summed E-state index contributed by atoms with van der Waals surface area (Å²) in [4.78, 5) is 10.4. The zero-order chi connectivity index (χ0) is 14.5. The monoisotopic (exact) mass is 274 g/mol. The SMILES string of the molecule is CC(NCc1ccnc(N(C)C)n1)c1ccccc1F. The molecule has 2 rings (SSSR count). The molecule has 0 saturated heterocycles. The molecule has 5 heteroatoms. The minimum atomic E-state index is -0.191. The van der Waals surface area contributed by atoms with Crippen molar-refractivity contribution in [1.82, 2.24) is 15.3 Å². The Bertz CT molecular complexity index is 571. The standard InChI is InChI=1S/C15H19FN4/c1-11(13-6-4-5-7-14(13)16)18-10-12-8-9-17-15(19-12)20(2)3/h4-9,11,18H,10H2,1-3H3. The quantitative estimate of drug-likeness (QED) is 0.909. The van der Waals surface area contributed by atoms with Crippen molar-refractivity contribution < 1.29 is 4.39 Å². The Labute approximate surface area is 118 Å². The third-order valence-corrected chi connectivity index (χ3v) is 3.06. The molecular formula is C15H19FN4. The van der Waals surface area contributed by atoms with Crippen LogP contribution >= 0.6 is 0 Å². The van der Waals surface area contributed by atoms with Gasteiger partial charge in [-0.1, -0.05) is 18.2 Å². The molecule has 0 aliphatic heterocycles. The summed E-state index contributed by atoms with van der Waals surface area (Å²) >= 11 is 0. The second kappa shape index (κ2) is 6.43. The molecule has 0 spiro atoms. The highest BCUT2D eigenvalue weighted by Crippen LogP contribution is 2.16. The lowest BCUT2D eigenvalue weighted by molar-refractivity contribution is 0.524. The maximum absolute atomic E-state index is 13.7. The fourth-order valence-corrected chi connectivity index (χ4v) is 1.89. The molecule has 0 aliphatic carbocycles. The number of anilines is 1. The predicted molar refractivity (Wildman–Crippen MR) is 78.0 cm³/mol. The normalized spacial score (nSPS) is 12.2. The number of halogens is 1. The lowest BCUT2D eigenvalue weighted by atomic mass is 10.1. The van der Waals surface area contributed by atoms with Crippen LogP contribution in [0.4, 0.5) is 10.3 Å². The van der Waals surface area contributed by atoms with Crippen molar-refractivity contribution in [3.63, 3.8) is 0 Å². The summed E-state index contributed by atoms with van der Waals surface area (Å²) in [5.74, 6) is 0.479. The Kier molecular flexibility index (Phi) is 4.63. The first-order chi connectivity index (χ1) is 9.58. The zero-order valence-corrected chi connectivity index (χ0v) is 12.0. The molecule has 4 nitrogen and oxygen atoms in total. The number of benzene rings is 1. The van der Waals surface area contributed by atoms with Crippen molar-refractivity contribution in [2.75, 3.05) is 19.0 Å². The van der Waals surface area contributed by atoms with Crippen molar-refractivity contribution in [3.05, 3.63) is 53.6 Å². The third-order valence-electron chi connectivity index (χ3n) is 3.06. The number of hydrogen-bond donors (Lipinski definition) is 1. The van der Waals surface area contributed by atoms with E-state index in [9.17, 15) is 4.39 Å². The molecule has 20 heavy (non-hydrogen) atoms. The van der Waals surface area contributed by atoms with Crippen LogP contribution in [0.25, 0.3) is 0 Å². The number of aromatic nitrogens is 2. The zero-order valence-electron chi connectivity index (χ0n) is 12.0. The summed E-state index contributed by atoms with van der Waals surface area (Å²) in [5, 5.41) is 3.27. The van der Waals surface area contributed by atoms with E-state index < -0.39 is 0 Å². The summed E-state index contributed by atoms with van der Waals surface area (Å²) in [7, 11) is 3.79. The van der Waals surface area contributed by atoms with Crippen LogP contribution in [0.2, 0.25) is 0 Å². The Morgan fingerprint density at radius 1 is 1.25 bits per heavy atom. The number of nitrogens with one attached hydrogen (secondary N) is 1. The van der Waals surface area contributed by atoms with Gasteiger partial charge in [0.05, 0.1) is 5.69 Å². The van der Waals surface area contributed by atoms with Crippen LogP contribution in [0.1, 0.15) is 24.2 Å². The molecule has 1 atom stereocenters. The first-order valence-electron chi connectivity index (χ1n) is 6.55. The van der Waals surface area contributed by atoms with Crippen molar-refractivity contribution in [3.8, 4) is 0 Å². The van der Waals surface area contributed by atoms with E-state index in [4.69, 9.17) is 0 Å². The van der Waals surface area contributed by atoms with Crippen LogP contribution in [-0.4, -0.2) is 24.1 Å². The number of hydrogen-bond acceptors (Lipinski definition) is 4. The second-order valence-electron chi connectivity index (χ2n) is 4.87. The van der Waals surface area contributed by atoms with E-state index in [2.05, 4.69) is 15.3 Å². The Hall–Kier alpha value is -2.01. The first-order valence-corrected chi connectivity index (χ1v) is 6.55. The van der Waals surface area contributed by atoms with E-state index in [1.54, 1.807) is 18.3 Å². The van der Waals surface area contributed by atoms with E-state index in [0.29, 0.717) is 18.1 Å². The minimum Gasteiger partial charge on any atom is -0.347 e. The summed E-state index contributed by atoms with van der Waals surface area (Å²) in [6.45, 7) is 2.51. The van der Waals surface area contributed by atoms with E-state index in [1.807, 2.05) is 38.1 Å². The molecule has 0 fully saturated rings. The summed E-state index contributed by atoms with van der Waals surface area (Å²) in [6, 6.07) is 8.58. The number of rotatable bonds is 5. The lowest BCUT2D eigenvalue weighted by Gasteiger charge is -2.15. The van der Waals surface area contributed by atoms with Crippen molar-refractivity contribution in [2.24, 2.45) is 0 Å². The molecule has 0 saturated carbocycles. The molecule has 1 N–H and O–H groups in total. The molecule has 1 aromatic carbocycles. The van der Waals surface area contributed by atoms with Crippen LogP contribution < -0.4 is 10.2 Å². The van der Waals surface area contributed by atoms with Crippen LogP contribution in [0.3, 0.4) is 0 Å². The van der Waals surface area contributed by atoms with Gasteiger partial charge in [-0.05, 0) is 19.1 Å². The van der Waals surface area contributed by atoms with Crippen molar-refractivity contribution >= 4 is 5.95 Å².